The third-order valence-corrected chi connectivity index (χ3v) is 7.04. The summed E-state index contributed by atoms with van der Waals surface area (Å²) in [5, 5.41) is 6.01. The summed E-state index contributed by atoms with van der Waals surface area (Å²) in [7, 11) is 0. The summed E-state index contributed by atoms with van der Waals surface area (Å²) in [6.45, 7) is 0. The lowest BCUT2D eigenvalue weighted by atomic mass is 9.90. The first-order chi connectivity index (χ1) is 15.6. The average Bonchev–Trinajstić information content (AvgIpc) is 3.16. The smallest absolute Gasteiger partial charge is 0.205 e. The summed E-state index contributed by atoms with van der Waals surface area (Å²) < 4.78 is 0. The Labute approximate surface area is 194 Å². The van der Waals surface area contributed by atoms with Crippen LogP contribution in [0.4, 0.5) is 11.5 Å². The van der Waals surface area contributed by atoms with E-state index in [2.05, 4.69) is 10.5 Å². The van der Waals surface area contributed by atoms with Gasteiger partial charge in [0, 0.05) is 21.5 Å². The molecule has 0 fully saturated rings. The molecule has 0 spiro atoms. The normalized spacial score (nSPS) is 13.4. The van der Waals surface area contributed by atoms with Crippen LogP contribution in [0.15, 0.2) is 59.7 Å². The molecule has 5 rings (SSSR count). The maximum atomic E-state index is 13.1. The predicted molar refractivity (Wildman–Crippen MR) is 133 cm³/mol. The number of rotatable bonds is 5. The molecular formula is C25H21ClN4OS. The van der Waals surface area contributed by atoms with E-state index in [9.17, 15) is 4.79 Å². The first kappa shape index (κ1) is 20.7. The minimum atomic E-state index is -0.0640. The van der Waals surface area contributed by atoms with E-state index in [1.165, 1.54) is 16.9 Å². The fourth-order valence-electron chi connectivity index (χ4n) is 4.11. The number of thiophene rings is 1. The SMILES string of the molecule is Nc1c(C(=O)c2ccccc2)sc2nc(N/N=C/c3ccc(Cl)cc3)c3c(c12)CCCC3. The summed E-state index contributed by atoms with van der Waals surface area (Å²) in [5.74, 6) is 0.670. The Morgan fingerprint density at radius 2 is 1.78 bits per heavy atom. The Bertz CT molecular complexity index is 1330. The Hall–Kier alpha value is -3.22. The molecule has 1 aliphatic rings. The van der Waals surface area contributed by atoms with Gasteiger partial charge < -0.3 is 5.73 Å². The molecule has 0 unspecified atom stereocenters. The minimum absolute atomic E-state index is 0.0640. The minimum Gasteiger partial charge on any atom is -0.397 e. The topological polar surface area (TPSA) is 80.4 Å². The molecule has 7 heteroatoms. The number of nitrogens with two attached hydrogens (primary N) is 1. The second kappa shape index (κ2) is 8.73. The van der Waals surface area contributed by atoms with E-state index < -0.39 is 0 Å². The van der Waals surface area contributed by atoms with Crippen LogP contribution in [0.1, 0.15) is 44.8 Å². The van der Waals surface area contributed by atoms with Gasteiger partial charge in [-0.3, -0.25) is 10.2 Å². The van der Waals surface area contributed by atoms with E-state index in [0.29, 0.717) is 21.2 Å². The molecule has 0 saturated carbocycles. The molecule has 2 heterocycles. The van der Waals surface area contributed by atoms with Gasteiger partial charge in [0.15, 0.2) is 5.82 Å². The Balaban J connectivity index is 1.54. The van der Waals surface area contributed by atoms with Gasteiger partial charge in [-0.05, 0) is 48.9 Å². The second-order valence-corrected chi connectivity index (χ2v) is 9.20. The van der Waals surface area contributed by atoms with Gasteiger partial charge in [0.05, 0.1) is 11.9 Å². The average molecular weight is 461 g/mol. The molecule has 0 atom stereocenters. The Morgan fingerprint density at radius 3 is 2.53 bits per heavy atom. The van der Waals surface area contributed by atoms with Crippen molar-refractivity contribution < 1.29 is 4.79 Å². The number of benzene rings is 2. The highest BCUT2D eigenvalue weighted by atomic mass is 35.5. The van der Waals surface area contributed by atoms with Crippen molar-refractivity contribution in [2.45, 2.75) is 25.7 Å². The first-order valence-electron chi connectivity index (χ1n) is 10.5. The van der Waals surface area contributed by atoms with Gasteiger partial charge in [-0.25, -0.2) is 4.98 Å². The van der Waals surface area contributed by atoms with Crippen LogP contribution in [-0.4, -0.2) is 17.0 Å². The molecular weight excluding hydrogens is 440 g/mol. The fourth-order valence-corrected chi connectivity index (χ4v) is 5.33. The van der Waals surface area contributed by atoms with Crippen molar-refractivity contribution in [3.05, 3.63) is 86.8 Å². The number of aromatic nitrogens is 1. The number of nitrogen functional groups attached to an aromatic ring is 1. The predicted octanol–water partition coefficient (Wildman–Crippen LogP) is 6.09. The molecule has 1 aliphatic carbocycles. The quantitative estimate of drug-likeness (QED) is 0.214. The summed E-state index contributed by atoms with van der Waals surface area (Å²) in [6, 6.07) is 16.7. The molecule has 0 amide bonds. The van der Waals surface area contributed by atoms with Crippen LogP contribution in [-0.2, 0) is 12.8 Å². The lowest BCUT2D eigenvalue weighted by Gasteiger charge is -2.19. The summed E-state index contributed by atoms with van der Waals surface area (Å²) in [4.78, 5) is 19.2. The number of aryl methyl sites for hydroxylation is 1. The molecule has 32 heavy (non-hydrogen) atoms. The fraction of sp³-hybridized carbons (Fsp3) is 0.160. The van der Waals surface area contributed by atoms with Crippen LogP contribution in [0.25, 0.3) is 10.2 Å². The molecule has 0 saturated heterocycles. The highest BCUT2D eigenvalue weighted by Gasteiger charge is 2.25. The number of nitrogens with one attached hydrogen (secondary N) is 1. The largest absolute Gasteiger partial charge is 0.397 e. The number of fused-ring (bicyclic) bond motifs is 3. The van der Waals surface area contributed by atoms with Crippen molar-refractivity contribution in [3.8, 4) is 0 Å². The van der Waals surface area contributed by atoms with Crippen LogP contribution >= 0.6 is 22.9 Å². The van der Waals surface area contributed by atoms with E-state index >= 15 is 0 Å². The van der Waals surface area contributed by atoms with Crippen LogP contribution in [0.5, 0.6) is 0 Å². The van der Waals surface area contributed by atoms with Gasteiger partial charge in [0.25, 0.3) is 0 Å². The van der Waals surface area contributed by atoms with Crippen LogP contribution in [0, 0.1) is 0 Å². The maximum Gasteiger partial charge on any atom is 0.205 e. The van der Waals surface area contributed by atoms with Gasteiger partial charge in [-0.1, -0.05) is 54.1 Å². The highest BCUT2D eigenvalue weighted by Crippen LogP contribution is 2.41. The van der Waals surface area contributed by atoms with E-state index in [4.69, 9.17) is 22.3 Å². The number of halogens is 1. The number of hydrogen-bond donors (Lipinski definition) is 2. The molecule has 160 valence electrons. The number of hydrazone groups is 1. The Morgan fingerprint density at radius 1 is 1.06 bits per heavy atom. The summed E-state index contributed by atoms with van der Waals surface area (Å²) >= 11 is 7.30. The number of anilines is 2. The number of nitrogens with zero attached hydrogens (tertiary/aromatic N) is 2. The number of carbonyl (C=O) groups is 1. The standard InChI is InChI=1S/C25H21ClN4OS/c26-17-12-10-15(11-13-17)14-28-30-24-19-9-5-4-8-18(19)20-21(27)23(32-25(20)29-24)22(31)16-6-2-1-3-7-16/h1-3,6-7,10-14H,4-5,8-9,27H2,(H,29,30)/b28-14+. The number of hydrogen-bond acceptors (Lipinski definition) is 6. The number of pyridine rings is 1. The monoisotopic (exact) mass is 460 g/mol. The maximum absolute atomic E-state index is 13.1. The van der Waals surface area contributed by atoms with Crippen molar-refractivity contribution in [1.82, 2.24) is 4.98 Å². The third kappa shape index (κ3) is 3.87. The molecule has 4 aromatic rings. The highest BCUT2D eigenvalue weighted by molar-refractivity contribution is 7.21. The van der Waals surface area contributed by atoms with Gasteiger partial charge >= 0.3 is 0 Å². The van der Waals surface area contributed by atoms with E-state index in [1.807, 2.05) is 54.6 Å². The zero-order valence-corrected chi connectivity index (χ0v) is 18.8. The van der Waals surface area contributed by atoms with Gasteiger partial charge in [0.1, 0.15) is 9.71 Å². The molecule has 0 bridgehead atoms. The van der Waals surface area contributed by atoms with Gasteiger partial charge in [-0.2, -0.15) is 5.10 Å². The number of ketones is 1. The zero-order chi connectivity index (χ0) is 22.1. The lowest BCUT2D eigenvalue weighted by Crippen LogP contribution is -2.09. The molecule has 0 aliphatic heterocycles. The van der Waals surface area contributed by atoms with Crippen molar-refractivity contribution in [2.24, 2.45) is 5.10 Å². The van der Waals surface area contributed by atoms with Crippen LogP contribution in [0.2, 0.25) is 5.02 Å². The van der Waals surface area contributed by atoms with Gasteiger partial charge in [0.2, 0.25) is 5.78 Å². The summed E-state index contributed by atoms with van der Waals surface area (Å²) in [6.07, 6.45) is 5.76. The summed E-state index contributed by atoms with van der Waals surface area (Å²) in [5.41, 5.74) is 14.1. The van der Waals surface area contributed by atoms with E-state index in [0.717, 1.165) is 52.8 Å². The molecule has 2 aromatic carbocycles. The third-order valence-electron chi connectivity index (χ3n) is 5.69. The zero-order valence-electron chi connectivity index (χ0n) is 17.3. The molecule has 0 radical (unpaired) electrons. The van der Waals surface area contributed by atoms with Crippen molar-refractivity contribution >= 4 is 56.7 Å². The first-order valence-corrected chi connectivity index (χ1v) is 11.7. The van der Waals surface area contributed by atoms with Crippen molar-refractivity contribution in [1.29, 1.82) is 0 Å². The van der Waals surface area contributed by atoms with Crippen molar-refractivity contribution in [3.63, 3.8) is 0 Å². The van der Waals surface area contributed by atoms with Crippen LogP contribution in [0.3, 0.4) is 0 Å². The van der Waals surface area contributed by atoms with Crippen molar-refractivity contribution in [2.75, 3.05) is 11.2 Å². The number of carbonyl (C=O) groups excluding carboxylic acids is 1. The molecule has 5 nitrogen and oxygen atoms in total. The molecule has 2 aromatic heterocycles. The molecule has 3 N–H and O–H groups in total. The van der Waals surface area contributed by atoms with Crippen LogP contribution < -0.4 is 11.2 Å². The van der Waals surface area contributed by atoms with E-state index in [-0.39, 0.29) is 5.78 Å². The Kier molecular flexibility index (Phi) is 5.64. The van der Waals surface area contributed by atoms with E-state index in [1.54, 1.807) is 6.21 Å². The second-order valence-electron chi connectivity index (χ2n) is 7.77. The van der Waals surface area contributed by atoms with Gasteiger partial charge in [-0.15, -0.1) is 11.3 Å². The lowest BCUT2D eigenvalue weighted by molar-refractivity contribution is 0.104.